The van der Waals surface area contributed by atoms with Crippen molar-refractivity contribution in [3.8, 4) is 5.75 Å². The Bertz CT molecular complexity index is 717. The first kappa shape index (κ1) is 16.8. The number of hydrogen-bond donors (Lipinski definition) is 1. The van der Waals surface area contributed by atoms with Gasteiger partial charge in [0.1, 0.15) is 5.75 Å². The molecule has 6 nitrogen and oxygen atoms in total. The Kier molecular flexibility index (Phi) is 5.54. The van der Waals surface area contributed by atoms with Gasteiger partial charge in [-0.15, -0.1) is 0 Å². The highest BCUT2D eigenvalue weighted by Gasteiger charge is 2.13. The van der Waals surface area contributed by atoms with Crippen LogP contribution >= 0.6 is 11.6 Å². The summed E-state index contributed by atoms with van der Waals surface area (Å²) in [6.07, 6.45) is 0.785. The van der Waals surface area contributed by atoms with Crippen LogP contribution in [0.15, 0.2) is 42.5 Å². The van der Waals surface area contributed by atoms with Crippen molar-refractivity contribution in [2.45, 2.75) is 12.8 Å². The van der Waals surface area contributed by atoms with Crippen molar-refractivity contribution in [1.29, 1.82) is 0 Å². The van der Waals surface area contributed by atoms with Crippen LogP contribution in [0.3, 0.4) is 0 Å². The lowest BCUT2D eigenvalue weighted by atomic mass is 10.1. The molecule has 1 N–H and O–H groups in total. The van der Waals surface area contributed by atoms with E-state index in [0.717, 1.165) is 5.56 Å². The molecule has 120 valence electrons. The summed E-state index contributed by atoms with van der Waals surface area (Å²) in [4.78, 5) is 22.3. The van der Waals surface area contributed by atoms with Crippen LogP contribution in [-0.2, 0) is 11.2 Å². The smallest absolute Gasteiger partial charge is 0.271 e. The van der Waals surface area contributed by atoms with Gasteiger partial charge in [-0.1, -0.05) is 23.7 Å². The lowest BCUT2D eigenvalue weighted by Gasteiger charge is -2.10. The van der Waals surface area contributed by atoms with E-state index < -0.39 is 4.92 Å². The second-order valence-corrected chi connectivity index (χ2v) is 5.25. The number of aryl methyl sites for hydroxylation is 1. The van der Waals surface area contributed by atoms with Gasteiger partial charge in [0.05, 0.1) is 17.7 Å². The monoisotopic (exact) mass is 334 g/mol. The van der Waals surface area contributed by atoms with Crippen molar-refractivity contribution in [3.05, 3.63) is 63.2 Å². The summed E-state index contributed by atoms with van der Waals surface area (Å²) in [5.41, 5.74) is 1.15. The van der Waals surface area contributed by atoms with Crippen molar-refractivity contribution in [2.75, 3.05) is 12.4 Å². The Morgan fingerprint density at radius 2 is 1.96 bits per heavy atom. The number of ether oxygens (including phenoxy) is 1. The second-order valence-electron chi connectivity index (χ2n) is 4.82. The number of nitrogens with one attached hydrogen (secondary N) is 1. The molecule has 0 aromatic heterocycles. The minimum Gasteiger partial charge on any atom is -0.495 e. The highest BCUT2D eigenvalue weighted by Crippen LogP contribution is 2.29. The standard InChI is InChI=1S/C16H15ClN2O4/c1-23-15-8-7-13(19(21)22)10-14(15)18-16(20)9-4-11-2-5-12(17)6-3-11/h2-3,5-8,10H,4,9H2,1H3,(H,18,20). The van der Waals surface area contributed by atoms with Crippen LogP contribution in [0.25, 0.3) is 0 Å². The third kappa shape index (κ3) is 4.69. The molecule has 0 heterocycles. The Labute approximate surface area is 138 Å². The Balaban J connectivity index is 2.02. The highest BCUT2D eigenvalue weighted by molar-refractivity contribution is 6.30. The molecular weight excluding hydrogens is 320 g/mol. The Morgan fingerprint density at radius 1 is 1.26 bits per heavy atom. The van der Waals surface area contributed by atoms with E-state index in [0.29, 0.717) is 17.2 Å². The van der Waals surface area contributed by atoms with E-state index in [1.165, 1.54) is 25.3 Å². The summed E-state index contributed by atoms with van der Waals surface area (Å²) in [5.74, 6) is 0.120. The van der Waals surface area contributed by atoms with Gasteiger partial charge in [0, 0.05) is 23.6 Å². The molecule has 0 spiro atoms. The lowest BCUT2D eigenvalue weighted by Crippen LogP contribution is -2.13. The molecule has 2 aromatic rings. The van der Waals surface area contributed by atoms with Crippen molar-refractivity contribution in [3.63, 3.8) is 0 Å². The molecule has 0 aliphatic rings. The molecule has 2 aromatic carbocycles. The number of nitrogens with zero attached hydrogens (tertiary/aromatic N) is 1. The normalized spacial score (nSPS) is 10.2. The van der Waals surface area contributed by atoms with Gasteiger partial charge in [0.2, 0.25) is 5.91 Å². The van der Waals surface area contributed by atoms with Crippen molar-refractivity contribution in [1.82, 2.24) is 0 Å². The number of methoxy groups -OCH3 is 1. The molecule has 2 rings (SSSR count). The zero-order valence-electron chi connectivity index (χ0n) is 12.4. The first-order chi connectivity index (χ1) is 11.0. The molecule has 0 unspecified atom stereocenters. The zero-order valence-corrected chi connectivity index (χ0v) is 13.2. The number of amides is 1. The van der Waals surface area contributed by atoms with Gasteiger partial charge in [-0.3, -0.25) is 14.9 Å². The van der Waals surface area contributed by atoms with Gasteiger partial charge in [-0.05, 0) is 30.2 Å². The van der Waals surface area contributed by atoms with Crippen molar-refractivity contribution >= 4 is 28.9 Å². The minimum atomic E-state index is -0.525. The van der Waals surface area contributed by atoms with Crippen LogP contribution in [-0.4, -0.2) is 17.9 Å². The number of carbonyl (C=O) groups is 1. The summed E-state index contributed by atoms with van der Waals surface area (Å²) in [6.45, 7) is 0. The van der Waals surface area contributed by atoms with Gasteiger partial charge in [-0.2, -0.15) is 0 Å². The predicted octanol–water partition coefficient (Wildman–Crippen LogP) is 3.83. The topological polar surface area (TPSA) is 81.5 Å². The molecule has 0 saturated heterocycles. The maximum atomic E-state index is 12.0. The van der Waals surface area contributed by atoms with Gasteiger partial charge in [0.25, 0.3) is 5.69 Å². The van der Waals surface area contributed by atoms with Crippen LogP contribution < -0.4 is 10.1 Å². The number of rotatable bonds is 6. The number of nitro groups is 1. The molecule has 0 atom stereocenters. The Hall–Kier alpha value is -2.60. The van der Waals surface area contributed by atoms with E-state index >= 15 is 0 Å². The molecule has 0 aliphatic carbocycles. The maximum absolute atomic E-state index is 12.0. The molecule has 0 fully saturated rings. The van der Waals surface area contributed by atoms with E-state index in [1.54, 1.807) is 12.1 Å². The third-order valence-corrected chi connectivity index (χ3v) is 3.47. The molecule has 23 heavy (non-hydrogen) atoms. The molecular formula is C16H15ClN2O4. The van der Waals surface area contributed by atoms with E-state index in [4.69, 9.17) is 16.3 Å². The average Bonchev–Trinajstić information content (AvgIpc) is 2.54. The maximum Gasteiger partial charge on any atom is 0.271 e. The number of non-ortho nitro benzene ring substituents is 1. The van der Waals surface area contributed by atoms with E-state index in [1.807, 2.05) is 12.1 Å². The first-order valence-corrected chi connectivity index (χ1v) is 7.24. The van der Waals surface area contributed by atoms with Crippen LogP contribution in [0, 0.1) is 10.1 Å². The van der Waals surface area contributed by atoms with Crippen molar-refractivity contribution < 1.29 is 14.5 Å². The van der Waals surface area contributed by atoms with Crippen LogP contribution in [0.2, 0.25) is 5.02 Å². The van der Waals surface area contributed by atoms with Crippen LogP contribution in [0.5, 0.6) is 5.75 Å². The third-order valence-electron chi connectivity index (χ3n) is 3.22. The lowest BCUT2D eigenvalue weighted by molar-refractivity contribution is -0.384. The Morgan fingerprint density at radius 3 is 2.57 bits per heavy atom. The first-order valence-electron chi connectivity index (χ1n) is 6.86. The predicted molar refractivity (Wildman–Crippen MR) is 88.1 cm³/mol. The fraction of sp³-hybridized carbons (Fsp3) is 0.188. The quantitative estimate of drug-likeness (QED) is 0.643. The number of halogens is 1. The molecule has 0 aliphatic heterocycles. The summed E-state index contributed by atoms with van der Waals surface area (Å²) in [6, 6.07) is 11.3. The summed E-state index contributed by atoms with van der Waals surface area (Å²) in [5, 5.41) is 14.1. The second kappa shape index (κ2) is 7.60. The SMILES string of the molecule is COc1ccc([N+](=O)[O-])cc1NC(=O)CCc1ccc(Cl)cc1. The van der Waals surface area contributed by atoms with Gasteiger partial charge in [0.15, 0.2) is 0 Å². The summed E-state index contributed by atoms with van der Waals surface area (Å²) >= 11 is 5.81. The van der Waals surface area contributed by atoms with Crippen LogP contribution in [0.1, 0.15) is 12.0 Å². The molecule has 0 saturated carbocycles. The fourth-order valence-corrected chi connectivity index (χ4v) is 2.15. The summed E-state index contributed by atoms with van der Waals surface area (Å²) in [7, 11) is 1.44. The number of carbonyl (C=O) groups excluding carboxylic acids is 1. The number of anilines is 1. The van der Waals surface area contributed by atoms with E-state index in [-0.39, 0.29) is 23.7 Å². The summed E-state index contributed by atoms with van der Waals surface area (Å²) < 4.78 is 5.10. The van der Waals surface area contributed by atoms with E-state index in [2.05, 4.69) is 5.32 Å². The van der Waals surface area contributed by atoms with Gasteiger partial charge in [-0.25, -0.2) is 0 Å². The fourth-order valence-electron chi connectivity index (χ4n) is 2.03. The minimum absolute atomic E-state index is 0.112. The number of benzene rings is 2. The van der Waals surface area contributed by atoms with Crippen molar-refractivity contribution in [2.24, 2.45) is 0 Å². The van der Waals surface area contributed by atoms with Gasteiger partial charge >= 0.3 is 0 Å². The molecule has 7 heteroatoms. The molecule has 1 amide bonds. The van der Waals surface area contributed by atoms with Gasteiger partial charge < -0.3 is 10.1 Å². The van der Waals surface area contributed by atoms with E-state index in [9.17, 15) is 14.9 Å². The average molecular weight is 335 g/mol. The highest BCUT2D eigenvalue weighted by atomic mass is 35.5. The largest absolute Gasteiger partial charge is 0.495 e. The molecule has 0 radical (unpaired) electrons. The number of hydrogen-bond acceptors (Lipinski definition) is 4. The molecule has 0 bridgehead atoms. The number of nitro benzene ring substituents is 1. The zero-order chi connectivity index (χ0) is 16.8. The van der Waals surface area contributed by atoms with Crippen LogP contribution in [0.4, 0.5) is 11.4 Å².